The number of hydrogen-bond donors (Lipinski definition) is 1. The first-order valence-corrected chi connectivity index (χ1v) is 6.77. The van der Waals surface area contributed by atoms with E-state index in [1.807, 2.05) is 0 Å². The van der Waals surface area contributed by atoms with Crippen LogP contribution in [0.15, 0.2) is 7.57 Å². The Kier molecular flexibility index (Phi) is 4.23. The van der Waals surface area contributed by atoms with Crippen molar-refractivity contribution in [2.45, 2.75) is 10.9 Å². The highest BCUT2D eigenvalue weighted by Gasteiger charge is 2.40. The number of ketones is 1. The van der Waals surface area contributed by atoms with Crippen molar-refractivity contribution in [2.24, 2.45) is 5.73 Å². The second kappa shape index (κ2) is 4.51. The Morgan fingerprint density at radius 1 is 1.29 bits per heavy atom. The first kappa shape index (κ1) is 13.1. The number of Topliss-reactive ketones (excluding diaryl/α,β-unsaturated/α-hetero) is 1. The van der Waals surface area contributed by atoms with E-state index in [0.717, 1.165) is 18.7 Å². The molecule has 2 atom stereocenters. The van der Waals surface area contributed by atoms with E-state index in [1.165, 1.54) is 11.3 Å². The largest absolute Gasteiger partial charge is 0.323 e. The number of carbonyl (C=O) groups excluding carboxylic acids is 1. The molecule has 1 aromatic rings. The van der Waals surface area contributed by atoms with Crippen LogP contribution in [-0.2, 0) is 0 Å². The molecule has 1 aliphatic carbocycles. The summed E-state index contributed by atoms with van der Waals surface area (Å²) in [6.07, 6.45) is 0. The van der Waals surface area contributed by atoms with Crippen LogP contribution in [0.2, 0.25) is 0 Å². The molecule has 2 N–H and O–H groups in total. The normalized spacial score (nSPS) is 24.7. The third-order valence-electron chi connectivity index (χ3n) is 2.00. The molecular weight excluding hydrogens is 421 g/mol. The molecule has 0 saturated heterocycles. The molecule has 1 aliphatic rings. The Balaban J connectivity index is 0.000000980. The molecule has 0 radical (unpaired) electrons. The fraction of sp³-hybridized carbons (Fsp3) is 0.286. The maximum atomic E-state index is 11.7. The lowest BCUT2D eigenvalue weighted by Gasteiger charge is -2.06. The van der Waals surface area contributed by atoms with Crippen LogP contribution in [0, 0.1) is 0 Å². The van der Waals surface area contributed by atoms with E-state index >= 15 is 0 Å². The Hall–Kier alpha value is 1.06. The molecule has 0 saturated carbocycles. The number of fused-ring (bicyclic) bond motifs is 1. The lowest BCUT2D eigenvalue weighted by atomic mass is 10.2. The fourth-order valence-electron chi connectivity index (χ4n) is 1.36. The van der Waals surface area contributed by atoms with E-state index in [4.69, 9.17) is 5.73 Å². The molecule has 0 aromatic carbocycles. The maximum Gasteiger partial charge on any atom is 0.180 e. The van der Waals surface area contributed by atoms with Gasteiger partial charge in [-0.25, -0.2) is 0 Å². The Labute approximate surface area is 116 Å². The first-order chi connectivity index (χ1) is 6.04. The number of alkyl halides is 1. The van der Waals surface area contributed by atoms with Gasteiger partial charge in [-0.1, -0.05) is 15.9 Å². The molecule has 0 spiro atoms. The Bertz CT molecular complexity index is 395. The van der Waals surface area contributed by atoms with Crippen LogP contribution in [0.25, 0.3) is 0 Å². The minimum Gasteiger partial charge on any atom is -0.323 e. The van der Waals surface area contributed by atoms with Crippen LogP contribution in [0.3, 0.4) is 0 Å². The molecule has 0 amide bonds. The SMILES string of the molecule is Cl.NC1c2c(Br)sc(Br)c2C(=O)C1Br. The zero-order valence-corrected chi connectivity index (χ0v) is 13.0. The summed E-state index contributed by atoms with van der Waals surface area (Å²) < 4.78 is 1.80. The zero-order chi connectivity index (χ0) is 9.75. The predicted octanol–water partition coefficient (Wildman–Crippen LogP) is 3.65. The third-order valence-corrected chi connectivity index (χ3v) is 5.57. The van der Waals surface area contributed by atoms with Gasteiger partial charge in [0.25, 0.3) is 0 Å². The third kappa shape index (κ3) is 1.74. The van der Waals surface area contributed by atoms with Gasteiger partial charge in [0.05, 0.1) is 18.4 Å². The van der Waals surface area contributed by atoms with E-state index in [1.54, 1.807) is 0 Å². The van der Waals surface area contributed by atoms with E-state index in [0.29, 0.717) is 0 Å². The molecule has 2 unspecified atom stereocenters. The van der Waals surface area contributed by atoms with Gasteiger partial charge in [0, 0.05) is 11.1 Å². The monoisotopic (exact) mass is 423 g/mol. The van der Waals surface area contributed by atoms with Gasteiger partial charge >= 0.3 is 0 Å². The van der Waals surface area contributed by atoms with Crippen molar-refractivity contribution in [3.05, 3.63) is 18.7 Å². The summed E-state index contributed by atoms with van der Waals surface area (Å²) in [4.78, 5) is 11.4. The zero-order valence-electron chi connectivity index (χ0n) is 6.59. The summed E-state index contributed by atoms with van der Waals surface area (Å²) in [6.45, 7) is 0. The van der Waals surface area contributed by atoms with Crippen LogP contribution in [0.4, 0.5) is 0 Å². The topological polar surface area (TPSA) is 43.1 Å². The van der Waals surface area contributed by atoms with Crippen molar-refractivity contribution in [1.82, 2.24) is 0 Å². The molecule has 14 heavy (non-hydrogen) atoms. The number of rotatable bonds is 0. The molecule has 2 rings (SSSR count). The first-order valence-electron chi connectivity index (χ1n) is 3.45. The highest BCUT2D eigenvalue weighted by atomic mass is 79.9. The summed E-state index contributed by atoms with van der Waals surface area (Å²) in [5.74, 6) is 0.0660. The van der Waals surface area contributed by atoms with Crippen molar-refractivity contribution in [1.29, 1.82) is 0 Å². The Morgan fingerprint density at radius 2 is 1.86 bits per heavy atom. The number of hydrogen-bond acceptors (Lipinski definition) is 3. The van der Waals surface area contributed by atoms with Crippen LogP contribution in [0.5, 0.6) is 0 Å². The van der Waals surface area contributed by atoms with Gasteiger partial charge in [0.1, 0.15) is 0 Å². The maximum absolute atomic E-state index is 11.7. The molecule has 1 aromatic heterocycles. The van der Waals surface area contributed by atoms with E-state index in [9.17, 15) is 4.79 Å². The molecule has 78 valence electrons. The summed E-state index contributed by atoms with van der Waals surface area (Å²) >= 11 is 11.5. The summed E-state index contributed by atoms with van der Waals surface area (Å²) in [7, 11) is 0. The quantitative estimate of drug-likeness (QED) is 0.644. The highest BCUT2D eigenvalue weighted by Crippen LogP contribution is 2.47. The number of nitrogens with two attached hydrogens (primary N) is 1. The average Bonchev–Trinajstić information content (AvgIpc) is 2.47. The van der Waals surface area contributed by atoms with Gasteiger partial charge < -0.3 is 5.73 Å². The van der Waals surface area contributed by atoms with Crippen molar-refractivity contribution < 1.29 is 4.79 Å². The van der Waals surface area contributed by atoms with Crippen molar-refractivity contribution in [3.8, 4) is 0 Å². The van der Waals surface area contributed by atoms with Gasteiger partial charge in [-0.05, 0) is 31.9 Å². The average molecular weight is 426 g/mol. The smallest absolute Gasteiger partial charge is 0.180 e. The molecular formula is C7H5Br3ClNOS. The number of carbonyl (C=O) groups is 1. The summed E-state index contributed by atoms with van der Waals surface area (Å²) in [6, 6.07) is -0.237. The standard InChI is InChI=1S/C7H4Br3NOS.ClH/c8-3-4(11)1-2(5(3)12)7(10)13-6(1)9;/h3-4H,11H2;1H. The van der Waals surface area contributed by atoms with Crippen molar-refractivity contribution in [2.75, 3.05) is 0 Å². The van der Waals surface area contributed by atoms with Crippen molar-refractivity contribution in [3.63, 3.8) is 0 Å². The number of halogens is 4. The minimum absolute atomic E-state index is 0. The van der Waals surface area contributed by atoms with Crippen LogP contribution < -0.4 is 5.73 Å². The van der Waals surface area contributed by atoms with E-state index in [2.05, 4.69) is 47.8 Å². The van der Waals surface area contributed by atoms with Crippen LogP contribution >= 0.6 is 71.5 Å². The molecule has 1 heterocycles. The van der Waals surface area contributed by atoms with Gasteiger partial charge in [-0.2, -0.15) is 0 Å². The number of thiophene rings is 1. The lowest BCUT2D eigenvalue weighted by molar-refractivity contribution is 0.0997. The minimum atomic E-state index is -0.279. The molecule has 0 fully saturated rings. The Morgan fingerprint density at radius 3 is 2.36 bits per heavy atom. The van der Waals surface area contributed by atoms with E-state index < -0.39 is 0 Å². The van der Waals surface area contributed by atoms with Crippen LogP contribution in [0.1, 0.15) is 22.0 Å². The molecule has 0 bridgehead atoms. The summed E-state index contributed by atoms with van der Waals surface area (Å²) in [5.41, 5.74) is 7.53. The van der Waals surface area contributed by atoms with Gasteiger partial charge in [-0.15, -0.1) is 23.7 Å². The van der Waals surface area contributed by atoms with E-state index in [-0.39, 0.29) is 29.1 Å². The lowest BCUT2D eigenvalue weighted by Crippen LogP contribution is -2.20. The van der Waals surface area contributed by atoms with Gasteiger partial charge in [0.2, 0.25) is 0 Å². The highest BCUT2D eigenvalue weighted by molar-refractivity contribution is 9.12. The molecule has 2 nitrogen and oxygen atoms in total. The second-order valence-electron chi connectivity index (χ2n) is 2.73. The van der Waals surface area contributed by atoms with Gasteiger partial charge in [-0.3, -0.25) is 4.79 Å². The van der Waals surface area contributed by atoms with Crippen molar-refractivity contribution >= 4 is 77.3 Å². The summed E-state index contributed by atoms with van der Waals surface area (Å²) in [5, 5.41) is 0. The van der Waals surface area contributed by atoms with Gasteiger partial charge in [0.15, 0.2) is 5.78 Å². The molecule has 7 heteroatoms. The predicted molar refractivity (Wildman–Crippen MR) is 70.9 cm³/mol. The molecule has 0 aliphatic heterocycles. The fourth-order valence-corrected chi connectivity index (χ4v) is 5.17. The second-order valence-corrected chi connectivity index (χ2v) is 7.37. The van der Waals surface area contributed by atoms with Crippen LogP contribution in [-0.4, -0.2) is 10.6 Å².